The molecule has 0 aliphatic carbocycles. The lowest BCUT2D eigenvalue weighted by molar-refractivity contribution is -0.132. The van der Waals surface area contributed by atoms with Gasteiger partial charge in [0.05, 0.1) is 5.92 Å². The standard InChI is InChI=1S/C22H26N2O2/c1-22(2,3)24-15-19(13-20(24)25)21(26)23-14-16-8-7-11-18(12-16)17-9-5-4-6-10-17/h4-12,19H,13-15H2,1-3H3,(H,23,26)/t19-/m1/s1. The summed E-state index contributed by atoms with van der Waals surface area (Å²) in [5.41, 5.74) is 3.10. The Morgan fingerprint density at radius 1 is 1.08 bits per heavy atom. The average molecular weight is 350 g/mol. The van der Waals surface area contributed by atoms with Gasteiger partial charge in [-0.05, 0) is 43.5 Å². The molecular formula is C22H26N2O2. The predicted molar refractivity (Wildman–Crippen MR) is 103 cm³/mol. The molecule has 2 aromatic carbocycles. The second kappa shape index (κ2) is 7.32. The van der Waals surface area contributed by atoms with E-state index in [9.17, 15) is 9.59 Å². The van der Waals surface area contributed by atoms with Crippen LogP contribution in [-0.4, -0.2) is 28.8 Å². The Morgan fingerprint density at radius 3 is 2.42 bits per heavy atom. The first-order chi connectivity index (χ1) is 12.3. The van der Waals surface area contributed by atoms with Crippen LogP contribution in [0.5, 0.6) is 0 Å². The molecule has 1 saturated heterocycles. The molecule has 2 aromatic rings. The zero-order chi connectivity index (χ0) is 18.7. The van der Waals surface area contributed by atoms with Gasteiger partial charge in [0.15, 0.2) is 0 Å². The van der Waals surface area contributed by atoms with Crippen molar-refractivity contribution in [1.29, 1.82) is 0 Å². The number of carbonyl (C=O) groups is 2. The Bertz CT molecular complexity index is 793. The molecule has 1 fully saturated rings. The third-order valence-corrected chi connectivity index (χ3v) is 4.81. The van der Waals surface area contributed by atoms with Crippen molar-refractivity contribution in [2.75, 3.05) is 6.54 Å². The fraction of sp³-hybridized carbons (Fsp3) is 0.364. The first kappa shape index (κ1) is 18.2. The molecular weight excluding hydrogens is 324 g/mol. The molecule has 1 N–H and O–H groups in total. The second-order valence-corrected chi connectivity index (χ2v) is 7.86. The normalized spacial score (nSPS) is 17.4. The molecule has 1 atom stereocenters. The van der Waals surface area contributed by atoms with Crippen molar-refractivity contribution in [3.63, 3.8) is 0 Å². The Morgan fingerprint density at radius 2 is 1.77 bits per heavy atom. The molecule has 0 aromatic heterocycles. The third kappa shape index (κ3) is 4.13. The first-order valence-electron chi connectivity index (χ1n) is 9.07. The molecule has 0 bridgehead atoms. The molecule has 1 heterocycles. The molecule has 4 heteroatoms. The number of rotatable bonds is 4. The van der Waals surface area contributed by atoms with Gasteiger partial charge in [-0.2, -0.15) is 0 Å². The van der Waals surface area contributed by atoms with Gasteiger partial charge in [0.25, 0.3) is 0 Å². The number of nitrogens with one attached hydrogen (secondary N) is 1. The third-order valence-electron chi connectivity index (χ3n) is 4.81. The molecule has 1 aliphatic rings. The zero-order valence-electron chi connectivity index (χ0n) is 15.7. The summed E-state index contributed by atoms with van der Waals surface area (Å²) in [6.07, 6.45) is 0.299. The number of likely N-dealkylation sites (tertiary alicyclic amines) is 1. The molecule has 0 spiro atoms. The minimum Gasteiger partial charge on any atom is -0.352 e. The van der Waals surface area contributed by atoms with E-state index in [0.29, 0.717) is 19.5 Å². The highest BCUT2D eigenvalue weighted by Gasteiger charge is 2.39. The Labute approximate surface area is 155 Å². The second-order valence-electron chi connectivity index (χ2n) is 7.86. The predicted octanol–water partition coefficient (Wildman–Crippen LogP) is 3.62. The number of nitrogens with zero attached hydrogens (tertiary/aromatic N) is 1. The molecule has 4 nitrogen and oxygen atoms in total. The van der Waals surface area contributed by atoms with E-state index in [1.807, 2.05) is 51.1 Å². The van der Waals surface area contributed by atoms with Gasteiger partial charge in [-0.25, -0.2) is 0 Å². The highest BCUT2D eigenvalue weighted by atomic mass is 16.2. The molecule has 1 aliphatic heterocycles. The number of amides is 2. The summed E-state index contributed by atoms with van der Waals surface area (Å²) < 4.78 is 0. The van der Waals surface area contributed by atoms with Crippen molar-refractivity contribution in [1.82, 2.24) is 10.2 Å². The van der Waals surface area contributed by atoms with Gasteiger partial charge < -0.3 is 10.2 Å². The van der Waals surface area contributed by atoms with Gasteiger partial charge in [0.1, 0.15) is 0 Å². The monoisotopic (exact) mass is 350 g/mol. The highest BCUT2D eigenvalue weighted by molar-refractivity contribution is 5.89. The van der Waals surface area contributed by atoms with Gasteiger partial charge in [-0.1, -0.05) is 48.5 Å². The van der Waals surface area contributed by atoms with Crippen molar-refractivity contribution >= 4 is 11.8 Å². The number of benzene rings is 2. The summed E-state index contributed by atoms with van der Waals surface area (Å²) in [4.78, 5) is 26.5. The topological polar surface area (TPSA) is 49.4 Å². The van der Waals surface area contributed by atoms with Gasteiger partial charge in [0, 0.05) is 25.0 Å². The van der Waals surface area contributed by atoms with Crippen molar-refractivity contribution in [3.05, 3.63) is 60.2 Å². The van der Waals surface area contributed by atoms with Crippen LogP contribution in [0.1, 0.15) is 32.8 Å². The SMILES string of the molecule is CC(C)(C)N1C[C@H](C(=O)NCc2cccc(-c3ccccc3)c2)CC1=O. The molecule has 2 amide bonds. The maximum Gasteiger partial charge on any atom is 0.225 e. The van der Waals surface area contributed by atoms with E-state index in [0.717, 1.165) is 16.7 Å². The Hall–Kier alpha value is -2.62. The van der Waals surface area contributed by atoms with E-state index in [4.69, 9.17) is 0 Å². The van der Waals surface area contributed by atoms with Crippen LogP contribution in [0, 0.1) is 5.92 Å². The van der Waals surface area contributed by atoms with Crippen LogP contribution >= 0.6 is 0 Å². The molecule has 136 valence electrons. The van der Waals surface area contributed by atoms with Crippen molar-refractivity contribution in [2.45, 2.75) is 39.3 Å². The fourth-order valence-corrected chi connectivity index (χ4v) is 3.36. The zero-order valence-corrected chi connectivity index (χ0v) is 15.7. The highest BCUT2D eigenvalue weighted by Crippen LogP contribution is 2.26. The average Bonchev–Trinajstić information content (AvgIpc) is 3.03. The summed E-state index contributed by atoms with van der Waals surface area (Å²) in [5, 5.41) is 2.99. The summed E-state index contributed by atoms with van der Waals surface area (Å²) >= 11 is 0. The number of hydrogen-bond acceptors (Lipinski definition) is 2. The first-order valence-corrected chi connectivity index (χ1v) is 9.07. The van der Waals surface area contributed by atoms with E-state index >= 15 is 0 Å². The van der Waals surface area contributed by atoms with Crippen molar-refractivity contribution < 1.29 is 9.59 Å². The van der Waals surface area contributed by atoms with Crippen molar-refractivity contribution in [2.24, 2.45) is 5.92 Å². The van der Waals surface area contributed by atoms with Crippen LogP contribution in [0.4, 0.5) is 0 Å². The van der Waals surface area contributed by atoms with Crippen LogP contribution in [0.25, 0.3) is 11.1 Å². The summed E-state index contributed by atoms with van der Waals surface area (Å²) in [7, 11) is 0. The lowest BCUT2D eigenvalue weighted by atomic mass is 10.0. The van der Waals surface area contributed by atoms with Crippen LogP contribution in [0.15, 0.2) is 54.6 Å². The van der Waals surface area contributed by atoms with Gasteiger partial charge in [-0.15, -0.1) is 0 Å². The van der Waals surface area contributed by atoms with Crippen LogP contribution in [0.2, 0.25) is 0 Å². The van der Waals surface area contributed by atoms with Gasteiger partial charge in [0.2, 0.25) is 11.8 Å². The quantitative estimate of drug-likeness (QED) is 0.916. The smallest absolute Gasteiger partial charge is 0.225 e. The van der Waals surface area contributed by atoms with Crippen LogP contribution in [0.3, 0.4) is 0 Å². The van der Waals surface area contributed by atoms with Gasteiger partial charge in [-0.3, -0.25) is 9.59 Å². The molecule has 26 heavy (non-hydrogen) atoms. The van der Waals surface area contributed by atoms with E-state index in [2.05, 4.69) is 29.6 Å². The summed E-state index contributed by atoms with van der Waals surface area (Å²) in [6.45, 7) is 6.97. The van der Waals surface area contributed by atoms with Crippen LogP contribution < -0.4 is 5.32 Å². The van der Waals surface area contributed by atoms with Gasteiger partial charge >= 0.3 is 0 Å². The largest absolute Gasteiger partial charge is 0.352 e. The number of carbonyl (C=O) groups excluding carboxylic acids is 2. The summed E-state index contributed by atoms with van der Waals surface area (Å²) in [6, 6.07) is 18.3. The van der Waals surface area contributed by atoms with Crippen LogP contribution in [-0.2, 0) is 16.1 Å². The number of hydrogen-bond donors (Lipinski definition) is 1. The molecule has 0 radical (unpaired) electrons. The van der Waals surface area contributed by atoms with E-state index in [1.165, 1.54) is 0 Å². The summed E-state index contributed by atoms with van der Waals surface area (Å²) in [5.74, 6) is -0.252. The maximum absolute atomic E-state index is 12.5. The van der Waals surface area contributed by atoms with E-state index in [1.54, 1.807) is 4.90 Å². The lowest BCUT2D eigenvalue weighted by Crippen LogP contribution is -2.43. The van der Waals surface area contributed by atoms with E-state index in [-0.39, 0.29) is 23.3 Å². The minimum atomic E-state index is -0.265. The fourth-order valence-electron chi connectivity index (χ4n) is 3.36. The maximum atomic E-state index is 12.5. The Balaban J connectivity index is 1.61. The minimum absolute atomic E-state index is 0.0461. The molecule has 3 rings (SSSR count). The van der Waals surface area contributed by atoms with Crippen molar-refractivity contribution in [3.8, 4) is 11.1 Å². The Kier molecular flexibility index (Phi) is 5.12. The lowest BCUT2D eigenvalue weighted by Gasteiger charge is -2.31. The van der Waals surface area contributed by atoms with E-state index < -0.39 is 0 Å². The molecule has 0 unspecified atom stereocenters. The molecule has 0 saturated carbocycles.